The zero-order valence-electron chi connectivity index (χ0n) is 9.91. The van der Waals surface area contributed by atoms with E-state index in [9.17, 15) is 4.39 Å². The van der Waals surface area contributed by atoms with Crippen LogP contribution in [0.4, 0.5) is 10.1 Å². The summed E-state index contributed by atoms with van der Waals surface area (Å²) in [5.41, 5.74) is 1.19. The van der Waals surface area contributed by atoms with Gasteiger partial charge >= 0.3 is 0 Å². The molecular formula is C13H16FN3. The number of likely N-dealkylation sites (N-methyl/N-ethyl adjacent to an activating group) is 1. The minimum atomic E-state index is -0.363. The van der Waals surface area contributed by atoms with E-state index in [1.54, 1.807) is 6.07 Å². The van der Waals surface area contributed by atoms with Gasteiger partial charge in [-0.2, -0.15) is 5.26 Å². The topological polar surface area (TPSA) is 39.1 Å². The van der Waals surface area contributed by atoms with Crippen molar-refractivity contribution in [3.05, 3.63) is 29.6 Å². The summed E-state index contributed by atoms with van der Waals surface area (Å²) in [6, 6.07) is 6.86. The molecule has 0 aliphatic carbocycles. The number of rotatable bonds is 3. The number of halogens is 1. The summed E-state index contributed by atoms with van der Waals surface area (Å²) in [6.07, 6.45) is 2.36. The van der Waals surface area contributed by atoms with Crippen LogP contribution in [0, 0.1) is 17.1 Å². The molecule has 1 aromatic rings. The third-order valence-corrected chi connectivity index (χ3v) is 3.15. The molecule has 90 valence electrons. The monoisotopic (exact) mass is 233 g/mol. The third-order valence-electron chi connectivity index (χ3n) is 3.15. The predicted octanol–water partition coefficient (Wildman–Crippen LogP) is 1.89. The summed E-state index contributed by atoms with van der Waals surface area (Å²) in [7, 11) is 1.94. The lowest BCUT2D eigenvalue weighted by molar-refractivity contribution is 0.598. The second-order valence-electron chi connectivity index (χ2n) is 4.45. The van der Waals surface area contributed by atoms with Crippen LogP contribution in [-0.4, -0.2) is 26.2 Å². The first kappa shape index (κ1) is 11.9. The fraction of sp³-hybridized carbons (Fsp3) is 0.462. The smallest absolute Gasteiger partial charge is 0.124 e. The molecule has 1 aliphatic heterocycles. The van der Waals surface area contributed by atoms with Crippen LogP contribution in [-0.2, 0) is 0 Å². The van der Waals surface area contributed by atoms with Gasteiger partial charge in [-0.1, -0.05) is 0 Å². The largest absolute Gasteiger partial charge is 0.372 e. The number of anilines is 1. The lowest BCUT2D eigenvalue weighted by Gasteiger charge is -2.24. The fourth-order valence-corrected chi connectivity index (χ4v) is 2.27. The molecule has 3 nitrogen and oxygen atoms in total. The second-order valence-corrected chi connectivity index (χ2v) is 4.45. The SMILES string of the molecule is CN(CC1CCCN1)c1ccc(F)cc1C#N. The minimum Gasteiger partial charge on any atom is -0.372 e. The Morgan fingerprint density at radius 2 is 2.41 bits per heavy atom. The average molecular weight is 233 g/mol. The van der Waals surface area contributed by atoms with Gasteiger partial charge in [0.1, 0.15) is 11.9 Å². The molecule has 1 unspecified atom stereocenters. The zero-order valence-corrected chi connectivity index (χ0v) is 9.91. The molecule has 1 fully saturated rings. The quantitative estimate of drug-likeness (QED) is 0.866. The minimum absolute atomic E-state index is 0.363. The summed E-state index contributed by atoms with van der Waals surface area (Å²) in [4.78, 5) is 2.01. The Kier molecular flexibility index (Phi) is 3.60. The Morgan fingerprint density at radius 1 is 1.59 bits per heavy atom. The molecule has 17 heavy (non-hydrogen) atoms. The van der Waals surface area contributed by atoms with Gasteiger partial charge < -0.3 is 10.2 Å². The highest BCUT2D eigenvalue weighted by molar-refractivity contribution is 5.59. The van der Waals surface area contributed by atoms with Gasteiger partial charge in [-0.3, -0.25) is 0 Å². The molecule has 2 rings (SSSR count). The van der Waals surface area contributed by atoms with Gasteiger partial charge in [0.15, 0.2) is 0 Å². The van der Waals surface area contributed by atoms with Crippen molar-refractivity contribution >= 4 is 5.69 Å². The Bertz CT molecular complexity index is 433. The van der Waals surface area contributed by atoms with E-state index < -0.39 is 0 Å². The number of hydrogen-bond donors (Lipinski definition) is 1. The predicted molar refractivity (Wildman–Crippen MR) is 65.4 cm³/mol. The van der Waals surface area contributed by atoms with E-state index in [0.717, 1.165) is 25.2 Å². The molecule has 0 bridgehead atoms. The highest BCUT2D eigenvalue weighted by Gasteiger charge is 2.17. The number of nitrogens with one attached hydrogen (secondary N) is 1. The van der Waals surface area contributed by atoms with Gasteiger partial charge in [-0.25, -0.2) is 4.39 Å². The molecule has 1 saturated heterocycles. The summed E-state index contributed by atoms with van der Waals surface area (Å²) < 4.78 is 13.0. The van der Waals surface area contributed by atoms with Crippen LogP contribution in [0.2, 0.25) is 0 Å². The average Bonchev–Trinajstić information content (AvgIpc) is 2.81. The molecule has 1 heterocycles. The van der Waals surface area contributed by atoms with Crippen molar-refractivity contribution in [1.29, 1.82) is 5.26 Å². The fourth-order valence-electron chi connectivity index (χ4n) is 2.27. The summed E-state index contributed by atoms with van der Waals surface area (Å²) in [5, 5.41) is 12.4. The first-order valence-electron chi connectivity index (χ1n) is 5.85. The molecule has 1 aliphatic rings. The zero-order chi connectivity index (χ0) is 12.3. The molecule has 1 aromatic carbocycles. The molecule has 0 saturated carbocycles. The Labute approximate surface area is 101 Å². The highest BCUT2D eigenvalue weighted by Crippen LogP contribution is 2.21. The molecule has 0 spiro atoms. The number of benzene rings is 1. The molecule has 4 heteroatoms. The number of nitrogens with zero attached hydrogens (tertiary/aromatic N) is 2. The van der Waals surface area contributed by atoms with Crippen LogP contribution in [0.15, 0.2) is 18.2 Å². The normalized spacial score (nSPS) is 19.0. The van der Waals surface area contributed by atoms with Crippen molar-refractivity contribution in [1.82, 2.24) is 5.32 Å². The van der Waals surface area contributed by atoms with Gasteiger partial charge in [-0.15, -0.1) is 0 Å². The van der Waals surface area contributed by atoms with Crippen molar-refractivity contribution in [3.63, 3.8) is 0 Å². The summed E-state index contributed by atoms with van der Waals surface area (Å²) in [6.45, 7) is 1.91. The van der Waals surface area contributed by atoms with Crippen LogP contribution in [0.3, 0.4) is 0 Å². The van der Waals surface area contributed by atoms with E-state index >= 15 is 0 Å². The summed E-state index contributed by atoms with van der Waals surface area (Å²) in [5.74, 6) is -0.363. The van der Waals surface area contributed by atoms with E-state index in [4.69, 9.17) is 5.26 Å². The standard InChI is InChI=1S/C13H16FN3/c1-17(9-12-3-2-6-16-12)13-5-4-11(14)7-10(13)8-15/h4-5,7,12,16H,2-3,6,9H2,1H3. The molecule has 0 amide bonds. The van der Waals surface area contributed by atoms with Crippen molar-refractivity contribution in [2.24, 2.45) is 0 Å². The van der Waals surface area contributed by atoms with Crippen molar-refractivity contribution in [3.8, 4) is 6.07 Å². The van der Waals surface area contributed by atoms with Crippen LogP contribution >= 0.6 is 0 Å². The third kappa shape index (κ3) is 2.75. The number of nitriles is 1. The van der Waals surface area contributed by atoms with Crippen molar-refractivity contribution in [2.45, 2.75) is 18.9 Å². The van der Waals surface area contributed by atoms with Crippen LogP contribution < -0.4 is 10.2 Å². The lowest BCUT2D eigenvalue weighted by Crippen LogP contribution is -2.35. The van der Waals surface area contributed by atoms with Crippen LogP contribution in [0.5, 0.6) is 0 Å². The van der Waals surface area contributed by atoms with Crippen LogP contribution in [0.25, 0.3) is 0 Å². The van der Waals surface area contributed by atoms with E-state index in [1.165, 1.54) is 18.6 Å². The van der Waals surface area contributed by atoms with E-state index in [2.05, 4.69) is 5.32 Å². The Hall–Kier alpha value is -1.60. The maximum absolute atomic E-state index is 13.0. The molecule has 0 radical (unpaired) electrons. The maximum atomic E-state index is 13.0. The van der Waals surface area contributed by atoms with E-state index in [0.29, 0.717) is 11.6 Å². The van der Waals surface area contributed by atoms with Gasteiger partial charge in [0, 0.05) is 19.6 Å². The Balaban J connectivity index is 2.12. The van der Waals surface area contributed by atoms with Gasteiger partial charge in [0.25, 0.3) is 0 Å². The van der Waals surface area contributed by atoms with Crippen molar-refractivity contribution < 1.29 is 4.39 Å². The van der Waals surface area contributed by atoms with Gasteiger partial charge in [0.2, 0.25) is 0 Å². The Morgan fingerprint density at radius 3 is 3.06 bits per heavy atom. The van der Waals surface area contributed by atoms with Gasteiger partial charge in [-0.05, 0) is 37.6 Å². The molecule has 0 aromatic heterocycles. The number of hydrogen-bond acceptors (Lipinski definition) is 3. The van der Waals surface area contributed by atoms with Gasteiger partial charge in [0.05, 0.1) is 11.3 Å². The summed E-state index contributed by atoms with van der Waals surface area (Å²) >= 11 is 0. The first-order valence-corrected chi connectivity index (χ1v) is 5.85. The lowest BCUT2D eigenvalue weighted by atomic mass is 10.1. The highest BCUT2D eigenvalue weighted by atomic mass is 19.1. The molecular weight excluding hydrogens is 217 g/mol. The molecule has 1 N–H and O–H groups in total. The van der Waals surface area contributed by atoms with E-state index in [-0.39, 0.29) is 5.82 Å². The van der Waals surface area contributed by atoms with E-state index in [1.807, 2.05) is 18.0 Å². The van der Waals surface area contributed by atoms with Crippen molar-refractivity contribution in [2.75, 3.05) is 25.0 Å². The maximum Gasteiger partial charge on any atom is 0.124 e. The second kappa shape index (κ2) is 5.15. The molecule has 1 atom stereocenters. The van der Waals surface area contributed by atoms with Crippen LogP contribution in [0.1, 0.15) is 18.4 Å². The first-order chi connectivity index (χ1) is 8.20.